The molecule has 1 aromatic heterocycles. The average Bonchev–Trinajstić information content (AvgIpc) is 3.18. The van der Waals surface area contributed by atoms with Gasteiger partial charge in [0.15, 0.2) is 16.3 Å². The van der Waals surface area contributed by atoms with Gasteiger partial charge in [-0.15, -0.1) is 0 Å². The number of methoxy groups -OCH3 is 2. The number of rotatable bonds is 8. The maximum Gasteiger partial charge on any atom is 0.338 e. The molecule has 0 bridgehead atoms. The summed E-state index contributed by atoms with van der Waals surface area (Å²) < 4.78 is 23.7. The van der Waals surface area contributed by atoms with Crippen molar-refractivity contribution in [2.75, 3.05) is 27.4 Å². The molecule has 2 aromatic carbocycles. The molecule has 0 fully saturated rings. The quantitative estimate of drug-likeness (QED) is 0.434. The van der Waals surface area contributed by atoms with Crippen molar-refractivity contribution < 1.29 is 23.7 Å². The van der Waals surface area contributed by atoms with E-state index in [2.05, 4.69) is 4.99 Å². The van der Waals surface area contributed by atoms with Gasteiger partial charge in [0, 0.05) is 0 Å². The summed E-state index contributed by atoms with van der Waals surface area (Å²) in [6.07, 6.45) is 1.79. The Balaban J connectivity index is 1.89. The Morgan fingerprint density at radius 3 is 2.44 bits per heavy atom. The molecule has 0 spiro atoms. The summed E-state index contributed by atoms with van der Waals surface area (Å²) in [5.74, 6) is 1.39. The van der Waals surface area contributed by atoms with Gasteiger partial charge in [0.05, 0.1) is 49.3 Å². The highest BCUT2D eigenvalue weighted by Crippen LogP contribution is 2.32. The van der Waals surface area contributed by atoms with E-state index in [1.165, 1.54) is 11.3 Å². The first-order valence-corrected chi connectivity index (χ1v) is 12.4. The van der Waals surface area contributed by atoms with Crippen molar-refractivity contribution in [3.05, 3.63) is 84.5 Å². The Labute approximate surface area is 212 Å². The molecule has 2 heterocycles. The molecule has 1 aliphatic heterocycles. The minimum absolute atomic E-state index is 0.217. The Morgan fingerprint density at radius 1 is 1.06 bits per heavy atom. The van der Waals surface area contributed by atoms with Gasteiger partial charge < -0.3 is 18.9 Å². The predicted molar refractivity (Wildman–Crippen MR) is 138 cm³/mol. The number of carbonyl (C=O) groups excluding carboxylic acids is 1. The smallest absolute Gasteiger partial charge is 0.338 e. The maximum absolute atomic E-state index is 13.7. The molecule has 0 N–H and O–H groups in total. The molecule has 9 heteroatoms. The number of hydrogen-bond donors (Lipinski definition) is 0. The van der Waals surface area contributed by atoms with Crippen molar-refractivity contribution in [3.8, 4) is 17.2 Å². The van der Waals surface area contributed by atoms with Crippen LogP contribution in [-0.2, 0) is 9.53 Å². The molecule has 8 nitrogen and oxygen atoms in total. The summed E-state index contributed by atoms with van der Waals surface area (Å²) in [7, 11) is 3.16. The van der Waals surface area contributed by atoms with E-state index in [4.69, 9.17) is 18.9 Å². The van der Waals surface area contributed by atoms with Crippen molar-refractivity contribution in [3.63, 3.8) is 0 Å². The molecule has 0 unspecified atom stereocenters. The largest absolute Gasteiger partial charge is 0.497 e. The number of esters is 1. The zero-order valence-corrected chi connectivity index (χ0v) is 21.7. The first-order chi connectivity index (χ1) is 17.4. The van der Waals surface area contributed by atoms with Crippen molar-refractivity contribution >= 4 is 23.4 Å². The second-order valence-electron chi connectivity index (χ2n) is 7.92. The number of nitrogens with zero attached hydrogens (tertiary/aromatic N) is 2. The van der Waals surface area contributed by atoms with Crippen molar-refractivity contribution in [2.24, 2.45) is 4.99 Å². The summed E-state index contributed by atoms with van der Waals surface area (Å²) in [6.45, 7) is 6.14. The van der Waals surface area contributed by atoms with Crippen LogP contribution in [0.5, 0.6) is 17.2 Å². The van der Waals surface area contributed by atoms with Crippen LogP contribution < -0.4 is 29.1 Å². The maximum atomic E-state index is 13.7. The van der Waals surface area contributed by atoms with Crippen LogP contribution in [-0.4, -0.2) is 38.0 Å². The number of carbonyl (C=O) groups is 1. The summed E-state index contributed by atoms with van der Waals surface area (Å²) >= 11 is 1.27. The molecule has 4 rings (SSSR count). The highest BCUT2D eigenvalue weighted by atomic mass is 32.1. The molecule has 0 saturated carbocycles. The number of ether oxygens (including phenoxy) is 4. The van der Waals surface area contributed by atoms with E-state index in [0.29, 0.717) is 44.5 Å². The lowest BCUT2D eigenvalue weighted by Gasteiger charge is -2.24. The van der Waals surface area contributed by atoms with Crippen molar-refractivity contribution in [1.29, 1.82) is 0 Å². The Hall–Kier alpha value is -3.85. The summed E-state index contributed by atoms with van der Waals surface area (Å²) in [5, 5.41) is 0. The standard InChI is InChI=1S/C27H28N2O6S/c1-6-34-20-13-8-17(14-21(20)33-5)15-22-25(30)29-24(18-9-11-19(32-4)12-10-18)23(26(31)35-7-2)16(3)28-27(29)36-22/h8-15,24H,6-7H2,1-5H3/b22-15-/t24-/m0/s1. The predicted octanol–water partition coefficient (Wildman–Crippen LogP) is 3.21. The Bertz CT molecular complexity index is 1480. The Morgan fingerprint density at radius 2 is 1.81 bits per heavy atom. The van der Waals surface area contributed by atoms with Gasteiger partial charge in [-0.25, -0.2) is 9.79 Å². The lowest BCUT2D eigenvalue weighted by atomic mass is 9.96. The molecule has 0 saturated heterocycles. The van der Waals surface area contributed by atoms with Crippen LogP contribution in [0.3, 0.4) is 0 Å². The van der Waals surface area contributed by atoms with Crippen LogP contribution in [0.2, 0.25) is 0 Å². The summed E-state index contributed by atoms with van der Waals surface area (Å²) in [5.41, 5.74) is 2.14. The topological polar surface area (TPSA) is 88.4 Å². The highest BCUT2D eigenvalue weighted by Gasteiger charge is 2.33. The summed E-state index contributed by atoms with van der Waals surface area (Å²) in [4.78, 5) is 31.8. The molecular formula is C27H28N2O6S. The van der Waals surface area contributed by atoms with E-state index < -0.39 is 12.0 Å². The first kappa shape index (κ1) is 25.2. The first-order valence-electron chi connectivity index (χ1n) is 11.6. The molecular weight excluding hydrogens is 480 g/mol. The van der Waals surface area contributed by atoms with E-state index in [0.717, 1.165) is 11.1 Å². The number of benzene rings is 2. The fourth-order valence-corrected chi connectivity index (χ4v) is 5.14. The molecule has 1 atom stereocenters. The van der Waals surface area contributed by atoms with Crippen LogP contribution in [0.1, 0.15) is 37.9 Å². The number of allylic oxidation sites excluding steroid dienone is 1. The van der Waals surface area contributed by atoms with Crippen LogP contribution >= 0.6 is 11.3 Å². The van der Waals surface area contributed by atoms with Crippen LogP contribution in [0.4, 0.5) is 0 Å². The van der Waals surface area contributed by atoms with Gasteiger partial charge in [-0.3, -0.25) is 9.36 Å². The van der Waals surface area contributed by atoms with E-state index >= 15 is 0 Å². The third-order valence-corrected chi connectivity index (χ3v) is 6.72. The zero-order valence-electron chi connectivity index (χ0n) is 20.9. The molecule has 36 heavy (non-hydrogen) atoms. The minimum Gasteiger partial charge on any atom is -0.497 e. The lowest BCUT2D eigenvalue weighted by molar-refractivity contribution is -0.139. The van der Waals surface area contributed by atoms with Gasteiger partial charge in [-0.05, 0) is 62.2 Å². The van der Waals surface area contributed by atoms with Crippen LogP contribution in [0.15, 0.2) is 63.5 Å². The normalized spacial score (nSPS) is 15.2. The minimum atomic E-state index is -0.678. The van der Waals surface area contributed by atoms with E-state index in [9.17, 15) is 9.59 Å². The SMILES string of the molecule is CCOC(=O)C1=C(C)N=c2s/c(=C\c3ccc(OCC)c(OC)c3)c(=O)n2[C@H]1c1ccc(OC)cc1. The average molecular weight is 509 g/mol. The molecule has 3 aromatic rings. The third-order valence-electron chi connectivity index (χ3n) is 5.73. The van der Waals surface area contributed by atoms with Gasteiger partial charge >= 0.3 is 5.97 Å². The molecule has 188 valence electrons. The fraction of sp³-hybridized carbons (Fsp3) is 0.296. The summed E-state index contributed by atoms with van der Waals surface area (Å²) in [6, 6.07) is 12.1. The molecule has 0 aliphatic carbocycles. The lowest BCUT2D eigenvalue weighted by Crippen LogP contribution is -2.39. The number of hydrogen-bond acceptors (Lipinski definition) is 8. The molecule has 0 radical (unpaired) electrons. The number of thiazole rings is 1. The van der Waals surface area contributed by atoms with Crippen molar-refractivity contribution in [1.82, 2.24) is 4.57 Å². The fourth-order valence-electron chi connectivity index (χ4n) is 4.09. The van der Waals surface area contributed by atoms with Crippen molar-refractivity contribution in [2.45, 2.75) is 26.8 Å². The molecule has 0 amide bonds. The van der Waals surface area contributed by atoms with E-state index in [1.807, 2.05) is 37.3 Å². The van der Waals surface area contributed by atoms with E-state index in [-0.39, 0.29) is 12.2 Å². The Kier molecular flexibility index (Phi) is 7.59. The zero-order chi connectivity index (χ0) is 25.8. The van der Waals surface area contributed by atoms with Gasteiger partial charge in [0.1, 0.15) is 5.75 Å². The van der Waals surface area contributed by atoms with Crippen LogP contribution in [0.25, 0.3) is 6.08 Å². The second-order valence-corrected chi connectivity index (χ2v) is 8.93. The van der Waals surface area contributed by atoms with Gasteiger partial charge in [0.25, 0.3) is 5.56 Å². The third kappa shape index (κ3) is 4.79. The van der Waals surface area contributed by atoms with Gasteiger partial charge in [-0.1, -0.05) is 29.5 Å². The van der Waals surface area contributed by atoms with Gasteiger partial charge in [-0.2, -0.15) is 0 Å². The highest BCUT2D eigenvalue weighted by molar-refractivity contribution is 7.07. The number of fused-ring (bicyclic) bond motifs is 1. The van der Waals surface area contributed by atoms with Crippen LogP contribution in [0, 0.1) is 0 Å². The van der Waals surface area contributed by atoms with Gasteiger partial charge in [0.2, 0.25) is 0 Å². The second kappa shape index (κ2) is 10.8. The number of aromatic nitrogens is 1. The molecule has 1 aliphatic rings. The van der Waals surface area contributed by atoms with E-state index in [1.54, 1.807) is 50.8 Å². The monoisotopic (exact) mass is 508 g/mol.